The molecule has 0 aliphatic heterocycles. The van der Waals surface area contributed by atoms with Crippen molar-refractivity contribution in [2.75, 3.05) is 0 Å². The largest absolute Gasteiger partial charge is 0.431 e. The van der Waals surface area contributed by atoms with Gasteiger partial charge in [0, 0.05) is 6.42 Å². The average molecular weight is 317 g/mol. The van der Waals surface area contributed by atoms with Crippen molar-refractivity contribution in [3.05, 3.63) is 35.4 Å². The number of ether oxygens (including phenoxy) is 1. The molecule has 1 aromatic carbocycles. The summed E-state index contributed by atoms with van der Waals surface area (Å²) in [6, 6.07) is 6.14. The number of nitrogens with zero attached hydrogens (tertiary/aromatic N) is 1. The molecule has 0 spiro atoms. The van der Waals surface area contributed by atoms with Gasteiger partial charge in [-0.15, -0.1) is 0 Å². The van der Waals surface area contributed by atoms with E-state index < -0.39 is 36.4 Å². The molecule has 0 aliphatic carbocycles. The predicted molar refractivity (Wildman–Crippen MR) is 70.3 cm³/mol. The summed E-state index contributed by atoms with van der Waals surface area (Å²) < 4.78 is 56.3. The molecule has 0 fully saturated rings. The van der Waals surface area contributed by atoms with Gasteiger partial charge in [0.25, 0.3) is 0 Å². The molecule has 0 N–H and O–H groups in total. The Hall–Kier alpha value is -2.10. The molecule has 120 valence electrons. The molecule has 7 heteroatoms. The van der Waals surface area contributed by atoms with E-state index >= 15 is 0 Å². The van der Waals surface area contributed by atoms with Crippen LogP contribution in [0.4, 0.5) is 17.6 Å². The first-order valence-corrected chi connectivity index (χ1v) is 6.68. The number of benzene rings is 1. The number of nitriles is 1. The van der Waals surface area contributed by atoms with Gasteiger partial charge < -0.3 is 4.74 Å². The molecule has 0 aliphatic rings. The Morgan fingerprint density at radius 1 is 1.36 bits per heavy atom. The Kier molecular flexibility index (Phi) is 6.35. The lowest BCUT2D eigenvalue weighted by Crippen LogP contribution is -2.18. The standard InChI is InChI=1S/C15H15F4NO2/c1-2-5-13(16)22-14(21)8-10(9-20)11-6-3-4-7-12(11)15(17,18)19/h3-4,6-7,10,13H,2,5,8H2,1H3. The molecule has 0 saturated carbocycles. The lowest BCUT2D eigenvalue weighted by Gasteiger charge is -2.16. The fourth-order valence-electron chi connectivity index (χ4n) is 1.93. The number of carbonyl (C=O) groups excluding carboxylic acids is 1. The lowest BCUT2D eigenvalue weighted by atomic mass is 9.92. The van der Waals surface area contributed by atoms with Crippen LogP contribution in [0.5, 0.6) is 0 Å². The zero-order valence-corrected chi connectivity index (χ0v) is 11.9. The van der Waals surface area contributed by atoms with Crippen LogP contribution in [-0.4, -0.2) is 12.3 Å². The van der Waals surface area contributed by atoms with E-state index in [2.05, 4.69) is 4.74 Å². The number of rotatable bonds is 6. The highest BCUT2D eigenvalue weighted by molar-refractivity contribution is 5.71. The van der Waals surface area contributed by atoms with Crippen molar-refractivity contribution in [2.24, 2.45) is 0 Å². The van der Waals surface area contributed by atoms with Gasteiger partial charge in [-0.2, -0.15) is 18.4 Å². The minimum absolute atomic E-state index is 0.00208. The molecule has 0 heterocycles. The van der Waals surface area contributed by atoms with Crippen molar-refractivity contribution in [1.82, 2.24) is 0 Å². The van der Waals surface area contributed by atoms with Crippen LogP contribution >= 0.6 is 0 Å². The third kappa shape index (κ3) is 5.02. The van der Waals surface area contributed by atoms with Crippen molar-refractivity contribution < 1.29 is 27.1 Å². The van der Waals surface area contributed by atoms with Gasteiger partial charge in [0.2, 0.25) is 6.36 Å². The molecule has 22 heavy (non-hydrogen) atoms. The smallest absolute Gasteiger partial charge is 0.416 e. The van der Waals surface area contributed by atoms with E-state index in [4.69, 9.17) is 5.26 Å². The van der Waals surface area contributed by atoms with Gasteiger partial charge in [-0.05, 0) is 18.1 Å². The maximum atomic E-state index is 13.2. The van der Waals surface area contributed by atoms with Gasteiger partial charge in [0.05, 0.1) is 24.0 Å². The van der Waals surface area contributed by atoms with Gasteiger partial charge in [-0.3, -0.25) is 4.79 Å². The highest BCUT2D eigenvalue weighted by Gasteiger charge is 2.35. The van der Waals surface area contributed by atoms with Crippen molar-refractivity contribution in [1.29, 1.82) is 5.26 Å². The van der Waals surface area contributed by atoms with E-state index in [1.165, 1.54) is 12.1 Å². The third-order valence-electron chi connectivity index (χ3n) is 2.94. The minimum atomic E-state index is -4.64. The van der Waals surface area contributed by atoms with E-state index in [9.17, 15) is 22.4 Å². The fraction of sp³-hybridized carbons (Fsp3) is 0.467. The highest BCUT2D eigenvalue weighted by atomic mass is 19.4. The van der Waals surface area contributed by atoms with Crippen LogP contribution in [-0.2, 0) is 15.7 Å². The summed E-state index contributed by atoms with van der Waals surface area (Å²) in [6.07, 6.45) is -6.63. The molecule has 0 radical (unpaired) electrons. The molecule has 1 aromatic rings. The molecule has 0 bridgehead atoms. The summed E-state index contributed by atoms with van der Waals surface area (Å²) in [5.74, 6) is -2.39. The number of hydrogen-bond donors (Lipinski definition) is 0. The predicted octanol–water partition coefficient (Wildman–Crippen LogP) is 4.34. The quantitative estimate of drug-likeness (QED) is 0.579. The summed E-state index contributed by atoms with van der Waals surface area (Å²) >= 11 is 0. The lowest BCUT2D eigenvalue weighted by molar-refractivity contribution is -0.158. The summed E-state index contributed by atoms with van der Waals surface area (Å²) in [7, 11) is 0. The van der Waals surface area contributed by atoms with E-state index in [0.717, 1.165) is 12.1 Å². The van der Waals surface area contributed by atoms with Crippen molar-refractivity contribution in [3.63, 3.8) is 0 Å². The first kappa shape index (κ1) is 18.0. The van der Waals surface area contributed by atoms with E-state index in [1.807, 2.05) is 0 Å². The number of esters is 1. The maximum Gasteiger partial charge on any atom is 0.416 e. The normalized spacial score (nSPS) is 14.0. The Labute approximate surface area is 125 Å². The summed E-state index contributed by atoms with van der Waals surface area (Å²) in [4.78, 5) is 11.5. The average Bonchev–Trinajstić information content (AvgIpc) is 2.44. The van der Waals surface area contributed by atoms with E-state index in [-0.39, 0.29) is 12.0 Å². The Morgan fingerprint density at radius 2 is 2.00 bits per heavy atom. The van der Waals surface area contributed by atoms with Crippen LogP contribution in [0, 0.1) is 11.3 Å². The molecule has 0 saturated heterocycles. The van der Waals surface area contributed by atoms with Crippen LogP contribution in [0.15, 0.2) is 24.3 Å². The minimum Gasteiger partial charge on any atom is -0.431 e. The molecule has 2 unspecified atom stereocenters. The van der Waals surface area contributed by atoms with Gasteiger partial charge in [-0.1, -0.05) is 25.1 Å². The first-order chi connectivity index (χ1) is 10.3. The third-order valence-corrected chi connectivity index (χ3v) is 2.94. The zero-order chi connectivity index (χ0) is 16.8. The molecule has 2 atom stereocenters. The van der Waals surface area contributed by atoms with Crippen LogP contribution in [0.3, 0.4) is 0 Å². The molecule has 3 nitrogen and oxygen atoms in total. The molecule has 1 rings (SSSR count). The van der Waals surface area contributed by atoms with Gasteiger partial charge in [0.1, 0.15) is 0 Å². The van der Waals surface area contributed by atoms with E-state index in [0.29, 0.717) is 6.42 Å². The van der Waals surface area contributed by atoms with E-state index in [1.54, 1.807) is 13.0 Å². The number of hydrogen-bond acceptors (Lipinski definition) is 3. The topological polar surface area (TPSA) is 50.1 Å². The Morgan fingerprint density at radius 3 is 2.55 bits per heavy atom. The van der Waals surface area contributed by atoms with Gasteiger partial charge in [-0.25, -0.2) is 4.39 Å². The molecular weight excluding hydrogens is 302 g/mol. The molecular formula is C15H15F4NO2. The second-order valence-electron chi connectivity index (χ2n) is 4.66. The SMILES string of the molecule is CCCC(F)OC(=O)CC(C#N)c1ccccc1C(F)(F)F. The second kappa shape index (κ2) is 7.78. The van der Waals surface area contributed by atoms with Gasteiger partial charge in [0.15, 0.2) is 0 Å². The van der Waals surface area contributed by atoms with Crippen molar-refractivity contribution in [3.8, 4) is 6.07 Å². The first-order valence-electron chi connectivity index (χ1n) is 6.68. The number of alkyl halides is 4. The Bertz CT molecular complexity index is 551. The van der Waals surface area contributed by atoms with Gasteiger partial charge >= 0.3 is 12.1 Å². The second-order valence-corrected chi connectivity index (χ2v) is 4.66. The summed E-state index contributed by atoms with van der Waals surface area (Å²) in [5, 5.41) is 9.04. The summed E-state index contributed by atoms with van der Waals surface area (Å²) in [6.45, 7) is 1.69. The number of halogens is 4. The molecule has 0 amide bonds. The number of carbonyl (C=O) groups is 1. The van der Waals surface area contributed by atoms with Crippen LogP contribution < -0.4 is 0 Å². The van der Waals surface area contributed by atoms with Crippen LogP contribution in [0.1, 0.15) is 43.2 Å². The fourth-order valence-corrected chi connectivity index (χ4v) is 1.93. The van der Waals surface area contributed by atoms with Crippen LogP contribution in [0.2, 0.25) is 0 Å². The summed E-state index contributed by atoms with van der Waals surface area (Å²) in [5.41, 5.74) is -1.31. The Balaban J connectivity index is 2.90. The van der Waals surface area contributed by atoms with Crippen molar-refractivity contribution in [2.45, 2.75) is 44.6 Å². The monoisotopic (exact) mass is 317 g/mol. The highest BCUT2D eigenvalue weighted by Crippen LogP contribution is 2.36. The van der Waals surface area contributed by atoms with Crippen LogP contribution in [0.25, 0.3) is 0 Å². The maximum absolute atomic E-state index is 13.2. The zero-order valence-electron chi connectivity index (χ0n) is 11.9. The molecule has 0 aromatic heterocycles. The van der Waals surface area contributed by atoms with Crippen molar-refractivity contribution >= 4 is 5.97 Å².